The van der Waals surface area contributed by atoms with E-state index >= 15 is 0 Å². The van der Waals surface area contributed by atoms with E-state index in [4.69, 9.17) is 4.74 Å². The zero-order valence-corrected chi connectivity index (χ0v) is 12.2. The zero-order chi connectivity index (χ0) is 15.1. The molecule has 2 aromatic rings. The van der Waals surface area contributed by atoms with Gasteiger partial charge in [0.2, 0.25) is 5.91 Å². The molecule has 110 valence electrons. The van der Waals surface area contributed by atoms with Crippen molar-refractivity contribution in [2.24, 2.45) is 0 Å². The van der Waals surface area contributed by atoms with E-state index in [0.29, 0.717) is 12.2 Å². The third-order valence-electron chi connectivity index (χ3n) is 2.89. The van der Waals surface area contributed by atoms with Crippen LogP contribution >= 0.6 is 0 Å². The number of anilines is 3. The molecular weight excluding hydrogens is 266 g/mol. The molecule has 5 heteroatoms. The molecule has 21 heavy (non-hydrogen) atoms. The minimum atomic E-state index is -0.0131. The van der Waals surface area contributed by atoms with E-state index in [1.807, 2.05) is 37.3 Å². The fraction of sp³-hybridized carbons (Fsp3) is 0.250. The summed E-state index contributed by atoms with van der Waals surface area (Å²) < 4.78 is 5.11. The van der Waals surface area contributed by atoms with Crippen molar-refractivity contribution in [3.05, 3.63) is 42.6 Å². The van der Waals surface area contributed by atoms with E-state index in [0.717, 1.165) is 23.5 Å². The lowest BCUT2D eigenvalue weighted by Crippen LogP contribution is -2.11. The van der Waals surface area contributed by atoms with E-state index in [-0.39, 0.29) is 5.91 Å². The summed E-state index contributed by atoms with van der Waals surface area (Å²) in [5, 5.41) is 5.98. The van der Waals surface area contributed by atoms with Gasteiger partial charge < -0.3 is 15.4 Å². The van der Waals surface area contributed by atoms with Crippen molar-refractivity contribution >= 4 is 23.1 Å². The second-order valence-corrected chi connectivity index (χ2v) is 4.58. The van der Waals surface area contributed by atoms with Gasteiger partial charge in [0.15, 0.2) is 0 Å². The third kappa shape index (κ3) is 4.49. The number of pyridine rings is 1. The Bertz CT molecular complexity index is 579. The Morgan fingerprint density at radius 1 is 1.14 bits per heavy atom. The molecule has 1 aromatic carbocycles. The van der Waals surface area contributed by atoms with E-state index in [9.17, 15) is 4.79 Å². The third-order valence-corrected chi connectivity index (χ3v) is 2.89. The fourth-order valence-corrected chi connectivity index (χ4v) is 1.82. The molecule has 2 rings (SSSR count). The molecule has 0 atom stereocenters. The molecule has 0 saturated carbocycles. The van der Waals surface area contributed by atoms with Gasteiger partial charge in [-0.05, 0) is 42.8 Å². The smallest absolute Gasteiger partial charge is 0.225 e. The summed E-state index contributed by atoms with van der Waals surface area (Å²) in [5.74, 6) is 1.36. The van der Waals surface area contributed by atoms with Crippen molar-refractivity contribution in [3.63, 3.8) is 0 Å². The summed E-state index contributed by atoms with van der Waals surface area (Å²) in [6.07, 6.45) is 3.02. The van der Waals surface area contributed by atoms with Crippen molar-refractivity contribution in [1.82, 2.24) is 4.98 Å². The van der Waals surface area contributed by atoms with Gasteiger partial charge in [-0.1, -0.05) is 6.92 Å². The lowest BCUT2D eigenvalue weighted by molar-refractivity contribution is -0.116. The fourth-order valence-electron chi connectivity index (χ4n) is 1.82. The highest BCUT2D eigenvalue weighted by Gasteiger charge is 2.02. The minimum Gasteiger partial charge on any atom is -0.497 e. The topological polar surface area (TPSA) is 63.2 Å². The summed E-state index contributed by atoms with van der Waals surface area (Å²) in [7, 11) is 1.64. The monoisotopic (exact) mass is 285 g/mol. The van der Waals surface area contributed by atoms with Crippen LogP contribution in [-0.4, -0.2) is 18.0 Å². The van der Waals surface area contributed by atoms with Crippen molar-refractivity contribution in [3.8, 4) is 5.75 Å². The summed E-state index contributed by atoms with van der Waals surface area (Å²) in [5.41, 5.74) is 1.80. The maximum atomic E-state index is 11.5. The van der Waals surface area contributed by atoms with Crippen molar-refractivity contribution < 1.29 is 9.53 Å². The van der Waals surface area contributed by atoms with Gasteiger partial charge in [0.05, 0.1) is 19.0 Å². The molecule has 1 aromatic heterocycles. The Balaban J connectivity index is 1.96. The first-order valence-electron chi connectivity index (χ1n) is 6.88. The molecular formula is C16H19N3O2. The van der Waals surface area contributed by atoms with Gasteiger partial charge in [-0.2, -0.15) is 0 Å². The van der Waals surface area contributed by atoms with Gasteiger partial charge in [0, 0.05) is 12.1 Å². The molecule has 1 amide bonds. The molecule has 0 unspecified atom stereocenters. The SMILES string of the molecule is CCCC(=O)Nc1ccc(Nc2ccc(OC)cc2)cn1. The number of rotatable bonds is 6. The van der Waals surface area contributed by atoms with Crippen molar-refractivity contribution in [1.29, 1.82) is 0 Å². The standard InChI is InChI=1S/C16H19N3O2/c1-3-4-16(20)19-15-10-7-13(11-17-15)18-12-5-8-14(21-2)9-6-12/h5-11,18H,3-4H2,1-2H3,(H,17,19,20). The highest BCUT2D eigenvalue weighted by molar-refractivity contribution is 5.89. The summed E-state index contributed by atoms with van der Waals surface area (Å²) in [6, 6.07) is 11.3. The van der Waals surface area contributed by atoms with E-state index in [2.05, 4.69) is 15.6 Å². The van der Waals surface area contributed by atoms with Crippen LogP contribution in [0.4, 0.5) is 17.2 Å². The Hall–Kier alpha value is -2.56. The first-order valence-corrected chi connectivity index (χ1v) is 6.88. The van der Waals surface area contributed by atoms with Crippen LogP contribution in [0.3, 0.4) is 0 Å². The largest absolute Gasteiger partial charge is 0.497 e. The maximum absolute atomic E-state index is 11.5. The highest BCUT2D eigenvalue weighted by Crippen LogP contribution is 2.20. The van der Waals surface area contributed by atoms with Gasteiger partial charge in [0.25, 0.3) is 0 Å². The van der Waals surface area contributed by atoms with E-state index in [1.165, 1.54) is 0 Å². The quantitative estimate of drug-likeness (QED) is 0.851. The highest BCUT2D eigenvalue weighted by atomic mass is 16.5. The van der Waals surface area contributed by atoms with Gasteiger partial charge in [0.1, 0.15) is 11.6 Å². The number of benzene rings is 1. The van der Waals surface area contributed by atoms with Crippen molar-refractivity contribution in [2.75, 3.05) is 17.7 Å². The second-order valence-electron chi connectivity index (χ2n) is 4.58. The Kier molecular flexibility index (Phi) is 5.15. The minimum absolute atomic E-state index is 0.0131. The number of carbonyl (C=O) groups excluding carboxylic acids is 1. The molecule has 0 saturated heterocycles. The van der Waals surface area contributed by atoms with Crippen LogP contribution in [0.15, 0.2) is 42.6 Å². The number of hydrogen-bond donors (Lipinski definition) is 2. The van der Waals surface area contributed by atoms with Crippen LogP contribution in [-0.2, 0) is 4.79 Å². The number of nitrogens with one attached hydrogen (secondary N) is 2. The Morgan fingerprint density at radius 2 is 1.86 bits per heavy atom. The molecule has 1 heterocycles. The average molecular weight is 285 g/mol. The van der Waals surface area contributed by atoms with Crippen molar-refractivity contribution in [2.45, 2.75) is 19.8 Å². The number of nitrogens with zero attached hydrogens (tertiary/aromatic N) is 1. The predicted molar refractivity (Wildman–Crippen MR) is 84.1 cm³/mol. The molecule has 0 radical (unpaired) electrons. The van der Waals surface area contributed by atoms with Gasteiger partial charge in [-0.3, -0.25) is 4.79 Å². The van der Waals surface area contributed by atoms with E-state index < -0.39 is 0 Å². The normalized spacial score (nSPS) is 10.0. The first kappa shape index (κ1) is 14.8. The number of hydrogen-bond acceptors (Lipinski definition) is 4. The van der Waals surface area contributed by atoms with Crippen LogP contribution in [0.2, 0.25) is 0 Å². The van der Waals surface area contributed by atoms with Crippen LogP contribution < -0.4 is 15.4 Å². The lowest BCUT2D eigenvalue weighted by Gasteiger charge is -2.08. The molecule has 0 aliphatic rings. The van der Waals surface area contributed by atoms with Gasteiger partial charge >= 0.3 is 0 Å². The summed E-state index contributed by atoms with van der Waals surface area (Å²) in [6.45, 7) is 1.97. The van der Waals surface area contributed by atoms with Crippen LogP contribution in [0.25, 0.3) is 0 Å². The molecule has 5 nitrogen and oxygen atoms in total. The number of ether oxygens (including phenoxy) is 1. The molecule has 0 aliphatic heterocycles. The molecule has 0 aliphatic carbocycles. The summed E-state index contributed by atoms with van der Waals surface area (Å²) >= 11 is 0. The van der Waals surface area contributed by atoms with Gasteiger partial charge in [-0.15, -0.1) is 0 Å². The molecule has 2 N–H and O–H groups in total. The zero-order valence-electron chi connectivity index (χ0n) is 12.2. The molecule has 0 fully saturated rings. The number of amides is 1. The second kappa shape index (κ2) is 7.28. The van der Waals surface area contributed by atoms with Crippen LogP contribution in [0.1, 0.15) is 19.8 Å². The Labute approximate surface area is 124 Å². The van der Waals surface area contributed by atoms with Crippen LogP contribution in [0, 0.1) is 0 Å². The Morgan fingerprint density at radius 3 is 2.43 bits per heavy atom. The van der Waals surface area contributed by atoms with E-state index in [1.54, 1.807) is 19.4 Å². The number of aromatic nitrogens is 1. The molecule has 0 bridgehead atoms. The number of carbonyl (C=O) groups is 1. The van der Waals surface area contributed by atoms with Gasteiger partial charge in [-0.25, -0.2) is 4.98 Å². The lowest BCUT2D eigenvalue weighted by atomic mass is 10.3. The average Bonchev–Trinajstić information content (AvgIpc) is 2.50. The first-order chi connectivity index (χ1) is 10.2. The maximum Gasteiger partial charge on any atom is 0.225 e. The molecule has 0 spiro atoms. The summed E-state index contributed by atoms with van der Waals surface area (Å²) in [4.78, 5) is 15.7. The number of methoxy groups -OCH3 is 1. The predicted octanol–water partition coefficient (Wildman–Crippen LogP) is 3.57. The van der Waals surface area contributed by atoms with Crippen LogP contribution in [0.5, 0.6) is 5.75 Å².